The molecule has 31 heavy (non-hydrogen) atoms. The van der Waals surface area contributed by atoms with Crippen LogP contribution in [0.3, 0.4) is 0 Å². The van der Waals surface area contributed by atoms with Gasteiger partial charge in [-0.05, 0) is 38.0 Å². The van der Waals surface area contributed by atoms with Crippen LogP contribution in [0.15, 0.2) is 4.99 Å². The van der Waals surface area contributed by atoms with Crippen molar-refractivity contribution in [3.63, 3.8) is 0 Å². The fourth-order valence-corrected chi connectivity index (χ4v) is 4.08. The molecule has 9 heteroatoms. The molecule has 9 nitrogen and oxygen atoms in total. The number of nitrogens with one attached hydrogen (secondary N) is 1. The highest BCUT2D eigenvalue weighted by atomic mass is 16.5. The standard InChI is InChI=1S/C22H37N5O4/c1-4-31-21(29)25-20(26-12-14-30-15-13-26)24-11-7-10-22(2,3)16-19(28)27(17-23)18-8-5-6-9-18/h18H,4-16H2,1-3H3,(H,24,25,29). The van der Waals surface area contributed by atoms with Crippen LogP contribution in [0.2, 0.25) is 0 Å². The molecule has 1 saturated carbocycles. The molecule has 2 fully saturated rings. The first kappa shape index (κ1) is 24.9. The number of carbonyl (C=O) groups excluding carboxylic acids is 2. The number of nitrogens with zero attached hydrogens (tertiary/aromatic N) is 4. The van der Waals surface area contributed by atoms with E-state index in [1.807, 2.05) is 4.90 Å². The van der Waals surface area contributed by atoms with Gasteiger partial charge in [0.2, 0.25) is 11.9 Å². The molecule has 1 aliphatic heterocycles. The molecule has 0 aromatic heterocycles. The van der Waals surface area contributed by atoms with Gasteiger partial charge >= 0.3 is 6.09 Å². The summed E-state index contributed by atoms with van der Waals surface area (Å²) in [5, 5.41) is 12.2. The molecule has 0 atom stereocenters. The van der Waals surface area contributed by atoms with Gasteiger partial charge in [0.25, 0.3) is 0 Å². The quantitative estimate of drug-likeness (QED) is 0.207. The number of aliphatic imine (C=N–C) groups is 1. The third kappa shape index (κ3) is 8.37. The summed E-state index contributed by atoms with van der Waals surface area (Å²) in [6, 6.07) is 0.0722. The van der Waals surface area contributed by atoms with Crippen molar-refractivity contribution in [3.05, 3.63) is 0 Å². The molecule has 0 bridgehead atoms. The van der Waals surface area contributed by atoms with Crippen molar-refractivity contribution in [2.75, 3.05) is 39.5 Å². The fraction of sp³-hybridized carbons (Fsp3) is 0.818. The number of ether oxygens (including phenoxy) is 2. The number of amides is 2. The summed E-state index contributed by atoms with van der Waals surface area (Å²) in [6.07, 6.45) is 7.53. The summed E-state index contributed by atoms with van der Waals surface area (Å²) in [6.45, 7) is 9.20. The fourth-order valence-electron chi connectivity index (χ4n) is 4.08. The molecule has 0 radical (unpaired) electrons. The minimum Gasteiger partial charge on any atom is -0.450 e. The molecule has 1 aliphatic carbocycles. The number of hydrogen-bond acceptors (Lipinski definition) is 6. The van der Waals surface area contributed by atoms with Crippen LogP contribution in [0.5, 0.6) is 0 Å². The van der Waals surface area contributed by atoms with Crippen molar-refractivity contribution >= 4 is 18.0 Å². The Morgan fingerprint density at radius 2 is 1.97 bits per heavy atom. The molecule has 1 N–H and O–H groups in total. The number of morpholine rings is 1. The van der Waals surface area contributed by atoms with Crippen molar-refractivity contribution in [2.45, 2.75) is 71.8 Å². The Morgan fingerprint density at radius 1 is 1.29 bits per heavy atom. The molecular weight excluding hydrogens is 398 g/mol. The smallest absolute Gasteiger partial charge is 0.413 e. The number of nitriles is 1. The second kappa shape index (κ2) is 12.5. The monoisotopic (exact) mass is 435 g/mol. The molecule has 0 spiro atoms. The van der Waals surface area contributed by atoms with Crippen molar-refractivity contribution in [1.29, 1.82) is 5.26 Å². The van der Waals surface area contributed by atoms with Crippen LogP contribution in [0.1, 0.15) is 65.7 Å². The Hall–Kier alpha value is -2.34. The van der Waals surface area contributed by atoms with E-state index in [4.69, 9.17) is 9.47 Å². The summed E-state index contributed by atoms with van der Waals surface area (Å²) in [7, 11) is 0. The maximum Gasteiger partial charge on any atom is 0.413 e. The summed E-state index contributed by atoms with van der Waals surface area (Å²) >= 11 is 0. The predicted octanol–water partition coefficient (Wildman–Crippen LogP) is 2.87. The summed E-state index contributed by atoms with van der Waals surface area (Å²) in [4.78, 5) is 32.5. The van der Waals surface area contributed by atoms with E-state index in [9.17, 15) is 14.9 Å². The van der Waals surface area contributed by atoms with Crippen molar-refractivity contribution in [2.24, 2.45) is 10.4 Å². The first-order valence-electron chi connectivity index (χ1n) is 11.4. The first-order valence-corrected chi connectivity index (χ1v) is 11.4. The molecular formula is C22H37N5O4. The van der Waals surface area contributed by atoms with E-state index in [0.29, 0.717) is 51.8 Å². The van der Waals surface area contributed by atoms with Gasteiger partial charge in [0, 0.05) is 32.1 Å². The second-order valence-corrected chi connectivity index (χ2v) is 8.90. The normalized spacial score (nSPS) is 17.9. The van der Waals surface area contributed by atoms with Gasteiger partial charge in [0.1, 0.15) is 0 Å². The molecule has 0 aromatic rings. The number of carbonyl (C=O) groups is 2. The van der Waals surface area contributed by atoms with E-state index in [2.05, 4.69) is 30.3 Å². The maximum absolute atomic E-state index is 12.7. The summed E-state index contributed by atoms with van der Waals surface area (Å²) in [5.74, 6) is 0.424. The summed E-state index contributed by atoms with van der Waals surface area (Å²) in [5.41, 5.74) is -0.228. The van der Waals surface area contributed by atoms with Gasteiger partial charge in [-0.2, -0.15) is 5.26 Å². The zero-order valence-corrected chi connectivity index (χ0v) is 19.2. The van der Waals surface area contributed by atoms with Gasteiger partial charge in [-0.15, -0.1) is 0 Å². The van der Waals surface area contributed by atoms with Gasteiger partial charge in [0.05, 0.1) is 19.8 Å². The highest BCUT2D eigenvalue weighted by Gasteiger charge is 2.31. The van der Waals surface area contributed by atoms with Gasteiger partial charge in [-0.1, -0.05) is 26.7 Å². The Morgan fingerprint density at radius 3 is 2.58 bits per heavy atom. The minimum atomic E-state index is -0.512. The van der Waals surface area contributed by atoms with E-state index in [-0.39, 0.29) is 17.4 Å². The van der Waals surface area contributed by atoms with Crippen LogP contribution in [0.25, 0.3) is 0 Å². The van der Waals surface area contributed by atoms with E-state index in [0.717, 1.165) is 38.5 Å². The minimum absolute atomic E-state index is 0.0722. The third-order valence-electron chi connectivity index (χ3n) is 5.77. The zero-order chi connectivity index (χ0) is 22.7. The Kier molecular flexibility index (Phi) is 10.0. The second-order valence-electron chi connectivity index (χ2n) is 8.90. The van der Waals surface area contributed by atoms with Crippen LogP contribution in [0, 0.1) is 16.9 Å². The van der Waals surface area contributed by atoms with Gasteiger partial charge in [-0.3, -0.25) is 15.1 Å². The predicted molar refractivity (Wildman–Crippen MR) is 117 cm³/mol. The first-order chi connectivity index (χ1) is 14.9. The lowest BCUT2D eigenvalue weighted by atomic mass is 9.83. The Labute approximate surface area is 185 Å². The maximum atomic E-state index is 12.7. The van der Waals surface area contributed by atoms with Crippen LogP contribution >= 0.6 is 0 Å². The van der Waals surface area contributed by atoms with Crippen LogP contribution < -0.4 is 5.32 Å². The van der Waals surface area contributed by atoms with Crippen LogP contribution in [-0.4, -0.2) is 73.3 Å². The van der Waals surface area contributed by atoms with Crippen molar-refractivity contribution in [1.82, 2.24) is 15.1 Å². The number of guanidine groups is 1. The summed E-state index contributed by atoms with van der Waals surface area (Å²) < 4.78 is 10.4. The topological polar surface area (TPSA) is 107 Å². The molecule has 2 rings (SSSR count). The third-order valence-corrected chi connectivity index (χ3v) is 5.77. The van der Waals surface area contributed by atoms with Gasteiger partial charge < -0.3 is 14.4 Å². The van der Waals surface area contributed by atoms with E-state index in [1.165, 1.54) is 4.90 Å². The average molecular weight is 436 g/mol. The number of rotatable bonds is 8. The van der Waals surface area contributed by atoms with Gasteiger partial charge in [0.15, 0.2) is 6.19 Å². The molecule has 1 saturated heterocycles. The van der Waals surface area contributed by atoms with Gasteiger partial charge in [-0.25, -0.2) is 9.69 Å². The average Bonchev–Trinajstić information content (AvgIpc) is 3.25. The van der Waals surface area contributed by atoms with Crippen LogP contribution in [0.4, 0.5) is 4.79 Å². The highest BCUT2D eigenvalue weighted by molar-refractivity contribution is 5.94. The van der Waals surface area contributed by atoms with Crippen LogP contribution in [-0.2, 0) is 14.3 Å². The molecule has 0 aromatic carbocycles. The van der Waals surface area contributed by atoms with E-state index in [1.54, 1.807) is 6.92 Å². The molecule has 1 heterocycles. The van der Waals surface area contributed by atoms with E-state index >= 15 is 0 Å². The lowest BCUT2D eigenvalue weighted by Crippen LogP contribution is -2.49. The largest absolute Gasteiger partial charge is 0.450 e. The van der Waals surface area contributed by atoms with E-state index < -0.39 is 6.09 Å². The highest BCUT2D eigenvalue weighted by Crippen LogP contribution is 2.30. The number of hydrogen-bond donors (Lipinski definition) is 1. The molecule has 174 valence electrons. The Balaban J connectivity index is 1.86. The molecule has 2 aliphatic rings. The lowest BCUT2D eigenvalue weighted by Gasteiger charge is -2.30. The SMILES string of the molecule is CCOC(=O)NC(=NCCCC(C)(C)CC(=O)N(C#N)C1CCCC1)N1CCOCC1. The van der Waals surface area contributed by atoms with Crippen molar-refractivity contribution in [3.8, 4) is 6.19 Å². The molecule has 0 unspecified atom stereocenters. The molecule has 2 amide bonds. The van der Waals surface area contributed by atoms with Crippen molar-refractivity contribution < 1.29 is 19.1 Å². The lowest BCUT2D eigenvalue weighted by molar-refractivity contribution is -0.132. The number of alkyl carbamates (subject to hydrolysis) is 1. The Bertz CT molecular complexity index is 661. The zero-order valence-electron chi connectivity index (χ0n) is 19.2.